The van der Waals surface area contributed by atoms with Crippen molar-refractivity contribution in [2.75, 3.05) is 45.9 Å². The number of thiophene rings is 1. The molecule has 0 unspecified atom stereocenters. The largest absolute Gasteiger partial charge is 0.379 e. The van der Waals surface area contributed by atoms with Crippen LogP contribution in [0.3, 0.4) is 0 Å². The molecular formula is C23H31N3O5S2. The lowest BCUT2D eigenvalue weighted by atomic mass is 10.1. The van der Waals surface area contributed by atoms with Gasteiger partial charge in [0, 0.05) is 43.2 Å². The summed E-state index contributed by atoms with van der Waals surface area (Å²) in [5.74, 6) is -0.287. The molecule has 2 fully saturated rings. The van der Waals surface area contributed by atoms with Crippen LogP contribution >= 0.6 is 11.3 Å². The number of hydrogen-bond acceptors (Lipinski definition) is 7. The van der Waals surface area contributed by atoms with Gasteiger partial charge in [-0.2, -0.15) is 4.31 Å². The van der Waals surface area contributed by atoms with Gasteiger partial charge in [-0.3, -0.25) is 9.69 Å². The van der Waals surface area contributed by atoms with Gasteiger partial charge in [-0.05, 0) is 43.5 Å². The molecule has 1 amide bonds. The van der Waals surface area contributed by atoms with Crippen molar-refractivity contribution in [2.24, 2.45) is 0 Å². The first-order valence-electron chi connectivity index (χ1n) is 11.2. The summed E-state index contributed by atoms with van der Waals surface area (Å²) < 4.78 is 39.0. The van der Waals surface area contributed by atoms with Gasteiger partial charge in [0.15, 0.2) is 0 Å². The molecule has 2 aromatic rings. The highest BCUT2D eigenvalue weighted by Gasteiger charge is 2.32. The Balaban J connectivity index is 1.47. The summed E-state index contributed by atoms with van der Waals surface area (Å²) in [6, 6.07) is 10.4. The summed E-state index contributed by atoms with van der Waals surface area (Å²) >= 11 is 1.67. The number of sulfonamides is 1. The molecule has 0 saturated carbocycles. The van der Waals surface area contributed by atoms with Crippen LogP contribution in [0.5, 0.6) is 0 Å². The van der Waals surface area contributed by atoms with E-state index in [2.05, 4.69) is 16.3 Å². The number of rotatable bonds is 7. The van der Waals surface area contributed by atoms with Crippen molar-refractivity contribution in [3.8, 4) is 0 Å². The molecule has 3 atom stereocenters. The number of morpholine rings is 2. The first-order valence-corrected chi connectivity index (χ1v) is 13.6. The van der Waals surface area contributed by atoms with Gasteiger partial charge in [-0.25, -0.2) is 8.42 Å². The minimum Gasteiger partial charge on any atom is -0.379 e. The molecule has 2 aliphatic rings. The number of benzene rings is 1. The monoisotopic (exact) mass is 493 g/mol. The average Bonchev–Trinajstić information content (AvgIpc) is 3.34. The van der Waals surface area contributed by atoms with Crippen LogP contribution in [-0.4, -0.2) is 81.7 Å². The number of nitrogens with one attached hydrogen (secondary N) is 1. The zero-order valence-electron chi connectivity index (χ0n) is 19.0. The Morgan fingerprint density at radius 1 is 1.15 bits per heavy atom. The minimum absolute atomic E-state index is 0.0566. The van der Waals surface area contributed by atoms with Crippen molar-refractivity contribution >= 4 is 27.3 Å². The molecule has 0 spiro atoms. The van der Waals surface area contributed by atoms with Gasteiger partial charge in [-0.15, -0.1) is 11.3 Å². The molecule has 2 saturated heterocycles. The quantitative estimate of drug-likeness (QED) is 0.637. The van der Waals surface area contributed by atoms with Gasteiger partial charge in [0.25, 0.3) is 5.91 Å². The average molecular weight is 494 g/mol. The van der Waals surface area contributed by atoms with Crippen molar-refractivity contribution in [1.29, 1.82) is 0 Å². The molecular weight excluding hydrogens is 462 g/mol. The zero-order valence-corrected chi connectivity index (χ0v) is 20.6. The summed E-state index contributed by atoms with van der Waals surface area (Å²) in [6.45, 7) is 7.72. The van der Waals surface area contributed by atoms with Crippen LogP contribution in [0.25, 0.3) is 0 Å². The normalized spacial score (nSPS) is 23.8. The smallest absolute Gasteiger partial charge is 0.251 e. The minimum atomic E-state index is -3.71. The highest BCUT2D eigenvalue weighted by atomic mass is 32.2. The Labute approximate surface area is 199 Å². The lowest BCUT2D eigenvalue weighted by Crippen LogP contribution is -2.48. The molecule has 1 N–H and O–H groups in total. The second kappa shape index (κ2) is 10.6. The van der Waals surface area contributed by atoms with E-state index in [1.54, 1.807) is 29.5 Å². The molecule has 33 heavy (non-hydrogen) atoms. The zero-order chi connectivity index (χ0) is 23.4. The lowest BCUT2D eigenvalue weighted by Gasteiger charge is -2.34. The maximum Gasteiger partial charge on any atom is 0.251 e. The van der Waals surface area contributed by atoms with Crippen molar-refractivity contribution in [1.82, 2.24) is 14.5 Å². The molecule has 1 aromatic carbocycles. The fraction of sp³-hybridized carbons (Fsp3) is 0.522. The molecule has 4 rings (SSSR count). The first kappa shape index (κ1) is 24.3. The highest BCUT2D eigenvalue weighted by Crippen LogP contribution is 2.26. The SMILES string of the molecule is C[C@@H]1CN(S(=O)(=O)c2cccc(C(=O)NC[C@H](c3cccs3)N3CCOCC3)c2)C[C@@H](C)O1. The summed E-state index contributed by atoms with van der Waals surface area (Å²) in [7, 11) is -3.71. The van der Waals surface area contributed by atoms with E-state index >= 15 is 0 Å². The second-order valence-electron chi connectivity index (χ2n) is 8.50. The van der Waals surface area contributed by atoms with E-state index in [9.17, 15) is 13.2 Å². The van der Waals surface area contributed by atoms with Gasteiger partial charge in [0.2, 0.25) is 10.0 Å². The fourth-order valence-corrected chi connectivity index (χ4v) is 6.84. The highest BCUT2D eigenvalue weighted by molar-refractivity contribution is 7.89. The van der Waals surface area contributed by atoms with Crippen molar-refractivity contribution in [3.63, 3.8) is 0 Å². The Bertz CT molecular complexity index is 1030. The maximum absolute atomic E-state index is 13.2. The van der Waals surface area contributed by atoms with Crippen LogP contribution in [0.2, 0.25) is 0 Å². The number of carbonyl (C=O) groups excluding carboxylic acids is 1. The van der Waals surface area contributed by atoms with E-state index in [-0.39, 0.29) is 29.1 Å². The van der Waals surface area contributed by atoms with Crippen molar-refractivity contribution in [3.05, 3.63) is 52.2 Å². The van der Waals surface area contributed by atoms with E-state index < -0.39 is 10.0 Å². The van der Waals surface area contributed by atoms with Crippen LogP contribution < -0.4 is 5.32 Å². The topological polar surface area (TPSA) is 88.2 Å². The Morgan fingerprint density at radius 2 is 1.88 bits per heavy atom. The molecule has 0 bridgehead atoms. The standard InChI is InChI=1S/C23H31N3O5S2/c1-17-15-26(16-18(2)31-17)33(28,29)20-6-3-5-19(13-20)23(27)24-14-21(22-7-4-12-32-22)25-8-10-30-11-9-25/h3-7,12-13,17-18,21H,8-11,14-16H2,1-2H3,(H,24,27)/t17-,18-,21-/m1/s1. The molecule has 0 radical (unpaired) electrons. The molecule has 10 heteroatoms. The molecule has 0 aliphatic carbocycles. The maximum atomic E-state index is 13.2. The third-order valence-electron chi connectivity index (χ3n) is 5.93. The number of nitrogens with zero attached hydrogens (tertiary/aromatic N) is 2. The van der Waals surface area contributed by atoms with Gasteiger partial charge >= 0.3 is 0 Å². The number of amides is 1. The van der Waals surface area contributed by atoms with Crippen LogP contribution in [-0.2, 0) is 19.5 Å². The lowest BCUT2D eigenvalue weighted by molar-refractivity contribution is -0.0440. The van der Waals surface area contributed by atoms with E-state index in [0.717, 1.165) is 13.1 Å². The van der Waals surface area contributed by atoms with E-state index in [1.165, 1.54) is 15.2 Å². The first-order chi connectivity index (χ1) is 15.8. The number of carbonyl (C=O) groups is 1. The molecule has 2 aliphatic heterocycles. The Kier molecular flexibility index (Phi) is 7.83. The molecule has 3 heterocycles. The number of hydrogen-bond donors (Lipinski definition) is 1. The van der Waals surface area contributed by atoms with E-state index in [4.69, 9.17) is 9.47 Å². The van der Waals surface area contributed by atoms with Crippen LogP contribution in [0.1, 0.15) is 35.1 Å². The predicted octanol–water partition coefficient (Wildman–Crippen LogP) is 2.35. The van der Waals surface area contributed by atoms with Gasteiger partial charge in [-0.1, -0.05) is 12.1 Å². The van der Waals surface area contributed by atoms with E-state index in [1.807, 2.05) is 25.3 Å². The van der Waals surface area contributed by atoms with Gasteiger partial charge in [0.05, 0.1) is 36.4 Å². The van der Waals surface area contributed by atoms with Crippen molar-refractivity contribution < 1.29 is 22.7 Å². The summed E-state index contributed by atoms with van der Waals surface area (Å²) in [5, 5.41) is 5.05. The third-order valence-corrected chi connectivity index (χ3v) is 8.74. The summed E-state index contributed by atoms with van der Waals surface area (Å²) in [4.78, 5) is 16.6. The van der Waals surface area contributed by atoms with Crippen LogP contribution in [0.4, 0.5) is 0 Å². The molecule has 8 nitrogen and oxygen atoms in total. The summed E-state index contributed by atoms with van der Waals surface area (Å²) in [5.41, 5.74) is 0.331. The third kappa shape index (κ3) is 5.82. The van der Waals surface area contributed by atoms with Crippen molar-refractivity contribution in [2.45, 2.75) is 37.0 Å². The second-order valence-corrected chi connectivity index (χ2v) is 11.4. The predicted molar refractivity (Wildman–Crippen MR) is 127 cm³/mol. The fourth-order valence-electron chi connectivity index (χ4n) is 4.34. The van der Waals surface area contributed by atoms with Crippen LogP contribution in [0, 0.1) is 0 Å². The summed E-state index contributed by atoms with van der Waals surface area (Å²) in [6.07, 6.45) is -0.353. The van der Waals surface area contributed by atoms with Gasteiger partial charge in [0.1, 0.15) is 0 Å². The van der Waals surface area contributed by atoms with E-state index in [0.29, 0.717) is 38.4 Å². The molecule has 180 valence electrons. The Hall–Kier alpha value is -1.82. The van der Waals surface area contributed by atoms with Gasteiger partial charge < -0.3 is 14.8 Å². The molecule has 1 aromatic heterocycles. The Morgan fingerprint density at radius 3 is 2.55 bits per heavy atom. The number of ether oxygens (including phenoxy) is 2. The van der Waals surface area contributed by atoms with Crippen LogP contribution in [0.15, 0.2) is 46.7 Å².